The second kappa shape index (κ2) is 7.97. The lowest BCUT2D eigenvalue weighted by Gasteiger charge is -2.31. The number of carbonyl (C=O) groups excluding carboxylic acids is 1. The predicted molar refractivity (Wildman–Crippen MR) is 96.3 cm³/mol. The Morgan fingerprint density at radius 3 is 1.84 bits per heavy atom. The first kappa shape index (κ1) is 17.2. The number of benzene rings is 2. The Kier molecular flexibility index (Phi) is 5.49. The molecule has 1 aliphatic rings. The van der Waals surface area contributed by atoms with Gasteiger partial charge >= 0.3 is 5.97 Å². The molecule has 1 amide bonds. The van der Waals surface area contributed by atoms with Crippen LogP contribution < -0.4 is 0 Å². The van der Waals surface area contributed by atoms with Crippen LogP contribution in [0.1, 0.15) is 42.7 Å². The summed E-state index contributed by atoms with van der Waals surface area (Å²) in [6.07, 6.45) is 3.87. The molecule has 0 spiro atoms. The number of carboxylic acids is 1. The Hall–Kier alpha value is -2.62. The summed E-state index contributed by atoms with van der Waals surface area (Å²) in [4.78, 5) is 26.4. The third-order valence-electron chi connectivity index (χ3n) is 4.87. The predicted octanol–water partition coefficient (Wildman–Crippen LogP) is 3.67. The normalized spacial score (nSPS) is 14.6. The van der Waals surface area contributed by atoms with Crippen LogP contribution in [0.4, 0.5) is 0 Å². The first-order valence-corrected chi connectivity index (χ1v) is 8.79. The topological polar surface area (TPSA) is 57.6 Å². The number of amides is 1. The quantitative estimate of drug-likeness (QED) is 0.875. The van der Waals surface area contributed by atoms with Gasteiger partial charge in [0, 0.05) is 6.04 Å². The molecule has 2 aromatic carbocycles. The second-order valence-corrected chi connectivity index (χ2v) is 6.55. The highest BCUT2D eigenvalue weighted by Gasteiger charge is 2.34. The summed E-state index contributed by atoms with van der Waals surface area (Å²) < 4.78 is 0. The zero-order valence-corrected chi connectivity index (χ0v) is 14.2. The second-order valence-electron chi connectivity index (χ2n) is 6.55. The van der Waals surface area contributed by atoms with Crippen LogP contribution in [0.2, 0.25) is 0 Å². The first-order chi connectivity index (χ1) is 12.2. The van der Waals surface area contributed by atoms with Crippen molar-refractivity contribution in [2.45, 2.75) is 37.6 Å². The molecule has 25 heavy (non-hydrogen) atoms. The van der Waals surface area contributed by atoms with Gasteiger partial charge in [-0.1, -0.05) is 73.5 Å². The largest absolute Gasteiger partial charge is 0.480 e. The maximum absolute atomic E-state index is 13.4. The third-order valence-corrected chi connectivity index (χ3v) is 4.87. The maximum atomic E-state index is 13.4. The molecular formula is C21H23NO3. The average molecular weight is 337 g/mol. The summed E-state index contributed by atoms with van der Waals surface area (Å²) >= 11 is 0. The van der Waals surface area contributed by atoms with Crippen molar-refractivity contribution in [2.24, 2.45) is 0 Å². The lowest BCUT2D eigenvalue weighted by atomic mass is 9.89. The Bertz CT molecular complexity index is 669. The molecule has 0 aliphatic heterocycles. The fourth-order valence-corrected chi connectivity index (χ4v) is 3.68. The van der Waals surface area contributed by atoms with Crippen molar-refractivity contribution >= 4 is 11.9 Å². The third kappa shape index (κ3) is 4.08. The summed E-state index contributed by atoms with van der Waals surface area (Å²) in [6.45, 7) is -0.236. The Balaban J connectivity index is 1.98. The molecule has 2 aromatic rings. The molecule has 3 rings (SSSR count). The smallest absolute Gasteiger partial charge is 0.323 e. The van der Waals surface area contributed by atoms with E-state index in [4.69, 9.17) is 0 Å². The number of nitrogens with zero attached hydrogens (tertiary/aromatic N) is 1. The van der Waals surface area contributed by atoms with Crippen LogP contribution in [0.25, 0.3) is 0 Å². The SMILES string of the molecule is O=C(O)CN(C(=O)C(c1ccccc1)c1ccccc1)C1CCCC1. The van der Waals surface area contributed by atoms with E-state index in [1.807, 2.05) is 60.7 Å². The van der Waals surface area contributed by atoms with Crippen molar-refractivity contribution in [1.82, 2.24) is 4.90 Å². The first-order valence-electron chi connectivity index (χ1n) is 8.79. The van der Waals surface area contributed by atoms with E-state index >= 15 is 0 Å². The highest BCUT2D eigenvalue weighted by Crippen LogP contribution is 2.31. The highest BCUT2D eigenvalue weighted by atomic mass is 16.4. The van der Waals surface area contributed by atoms with E-state index < -0.39 is 11.9 Å². The molecule has 130 valence electrons. The average Bonchev–Trinajstić information content (AvgIpc) is 3.16. The van der Waals surface area contributed by atoms with Gasteiger partial charge in [0.2, 0.25) is 5.91 Å². The highest BCUT2D eigenvalue weighted by molar-refractivity contribution is 5.89. The van der Waals surface area contributed by atoms with Gasteiger partial charge in [-0.05, 0) is 24.0 Å². The van der Waals surface area contributed by atoms with Gasteiger partial charge < -0.3 is 10.0 Å². The molecule has 0 unspecified atom stereocenters. The summed E-state index contributed by atoms with van der Waals surface area (Å²) in [5.74, 6) is -1.55. The van der Waals surface area contributed by atoms with Gasteiger partial charge in [-0.3, -0.25) is 9.59 Å². The van der Waals surface area contributed by atoms with Crippen molar-refractivity contribution < 1.29 is 14.7 Å². The molecule has 0 heterocycles. The standard InChI is InChI=1S/C21H23NO3/c23-19(24)15-22(18-13-7-8-14-18)21(25)20(16-9-3-1-4-10-16)17-11-5-2-6-12-17/h1-6,9-12,18,20H,7-8,13-15H2,(H,23,24). The van der Waals surface area contributed by atoms with Gasteiger partial charge in [-0.2, -0.15) is 0 Å². The van der Waals surface area contributed by atoms with Crippen LogP contribution in [-0.4, -0.2) is 34.5 Å². The molecule has 1 N–H and O–H groups in total. The van der Waals surface area contributed by atoms with Gasteiger partial charge in [-0.15, -0.1) is 0 Å². The summed E-state index contributed by atoms with van der Waals surface area (Å²) in [5.41, 5.74) is 1.79. The summed E-state index contributed by atoms with van der Waals surface area (Å²) in [7, 11) is 0. The molecule has 1 saturated carbocycles. The number of hydrogen-bond acceptors (Lipinski definition) is 2. The van der Waals surface area contributed by atoms with Gasteiger partial charge in [0.25, 0.3) is 0 Å². The molecule has 4 heteroatoms. The van der Waals surface area contributed by atoms with Gasteiger partial charge in [-0.25, -0.2) is 0 Å². The van der Waals surface area contributed by atoms with Crippen LogP contribution in [0.3, 0.4) is 0 Å². The molecule has 1 aliphatic carbocycles. The van der Waals surface area contributed by atoms with Crippen LogP contribution in [0.5, 0.6) is 0 Å². The monoisotopic (exact) mass is 337 g/mol. The zero-order chi connectivity index (χ0) is 17.6. The van der Waals surface area contributed by atoms with Crippen LogP contribution in [-0.2, 0) is 9.59 Å². The Morgan fingerprint density at radius 1 is 0.920 bits per heavy atom. The van der Waals surface area contributed by atoms with E-state index in [0.29, 0.717) is 0 Å². The molecule has 4 nitrogen and oxygen atoms in total. The maximum Gasteiger partial charge on any atom is 0.323 e. The van der Waals surface area contributed by atoms with Crippen molar-refractivity contribution in [1.29, 1.82) is 0 Å². The summed E-state index contributed by atoms with van der Waals surface area (Å²) in [6, 6.07) is 19.2. The zero-order valence-electron chi connectivity index (χ0n) is 14.2. The van der Waals surface area contributed by atoms with Gasteiger partial charge in [0.05, 0.1) is 5.92 Å². The van der Waals surface area contributed by atoms with Crippen molar-refractivity contribution in [3.8, 4) is 0 Å². The minimum absolute atomic E-state index is 0.0264. The molecule has 0 atom stereocenters. The van der Waals surface area contributed by atoms with Crippen LogP contribution in [0.15, 0.2) is 60.7 Å². The molecule has 0 radical (unpaired) electrons. The summed E-state index contributed by atoms with van der Waals surface area (Å²) in [5, 5.41) is 9.32. The van der Waals surface area contributed by atoms with Crippen LogP contribution in [0, 0.1) is 0 Å². The number of carbonyl (C=O) groups is 2. The number of carboxylic acid groups (broad SMARTS) is 1. The number of hydrogen-bond donors (Lipinski definition) is 1. The van der Waals surface area contributed by atoms with Crippen molar-refractivity contribution in [3.63, 3.8) is 0 Å². The van der Waals surface area contributed by atoms with E-state index in [0.717, 1.165) is 36.8 Å². The van der Waals surface area contributed by atoms with E-state index in [2.05, 4.69) is 0 Å². The Labute approximate surface area is 148 Å². The fourth-order valence-electron chi connectivity index (χ4n) is 3.68. The number of aliphatic carboxylic acids is 1. The molecule has 0 aromatic heterocycles. The van der Waals surface area contributed by atoms with Crippen molar-refractivity contribution in [3.05, 3.63) is 71.8 Å². The number of rotatable bonds is 6. The van der Waals surface area contributed by atoms with Crippen LogP contribution >= 0.6 is 0 Å². The fraction of sp³-hybridized carbons (Fsp3) is 0.333. The Morgan fingerprint density at radius 2 is 1.40 bits per heavy atom. The van der Waals surface area contributed by atoms with E-state index in [1.165, 1.54) is 0 Å². The van der Waals surface area contributed by atoms with Gasteiger partial charge in [0.15, 0.2) is 0 Å². The van der Waals surface area contributed by atoms with E-state index in [1.54, 1.807) is 4.90 Å². The molecule has 0 bridgehead atoms. The minimum atomic E-state index is -0.958. The molecular weight excluding hydrogens is 314 g/mol. The lowest BCUT2D eigenvalue weighted by molar-refractivity contribution is -0.146. The van der Waals surface area contributed by atoms with Crippen molar-refractivity contribution in [2.75, 3.05) is 6.54 Å². The lowest BCUT2D eigenvalue weighted by Crippen LogP contribution is -2.44. The molecule has 1 fully saturated rings. The minimum Gasteiger partial charge on any atom is -0.480 e. The van der Waals surface area contributed by atoms with E-state index in [-0.39, 0.29) is 18.5 Å². The molecule has 0 saturated heterocycles. The van der Waals surface area contributed by atoms with Gasteiger partial charge in [0.1, 0.15) is 6.54 Å². The van der Waals surface area contributed by atoms with E-state index in [9.17, 15) is 14.7 Å².